The van der Waals surface area contributed by atoms with Crippen molar-refractivity contribution in [3.63, 3.8) is 0 Å². The summed E-state index contributed by atoms with van der Waals surface area (Å²) in [5.41, 5.74) is 1.02. The lowest BCUT2D eigenvalue weighted by molar-refractivity contribution is -0.122. The SMILES string of the molecule is O=C(Nc1ccc(Cl)c(Cl)c1)[C@@H]1CC(=O)N(c2cc(Cl)ccc2Cl)C1. The monoisotopic (exact) mass is 416 g/mol. The van der Waals surface area contributed by atoms with Crippen molar-refractivity contribution in [2.45, 2.75) is 6.42 Å². The number of amides is 2. The van der Waals surface area contributed by atoms with Crippen LogP contribution in [0.2, 0.25) is 20.1 Å². The van der Waals surface area contributed by atoms with Crippen LogP contribution in [0.5, 0.6) is 0 Å². The van der Waals surface area contributed by atoms with Crippen molar-refractivity contribution >= 4 is 69.6 Å². The molecule has 1 N–H and O–H groups in total. The van der Waals surface area contributed by atoms with E-state index in [0.717, 1.165) is 0 Å². The number of nitrogens with one attached hydrogen (secondary N) is 1. The quantitative estimate of drug-likeness (QED) is 0.737. The lowest BCUT2D eigenvalue weighted by atomic mass is 10.1. The van der Waals surface area contributed by atoms with Gasteiger partial charge in [-0.15, -0.1) is 0 Å². The van der Waals surface area contributed by atoms with Crippen molar-refractivity contribution in [2.75, 3.05) is 16.8 Å². The normalized spacial score (nSPS) is 17.0. The first-order chi connectivity index (χ1) is 11.8. The van der Waals surface area contributed by atoms with Gasteiger partial charge in [0.15, 0.2) is 0 Å². The van der Waals surface area contributed by atoms with E-state index >= 15 is 0 Å². The van der Waals surface area contributed by atoms with E-state index in [0.29, 0.717) is 31.5 Å². The largest absolute Gasteiger partial charge is 0.326 e. The highest BCUT2D eigenvalue weighted by Gasteiger charge is 2.36. The molecule has 0 aliphatic carbocycles. The zero-order chi connectivity index (χ0) is 18.1. The van der Waals surface area contributed by atoms with Gasteiger partial charge in [0.25, 0.3) is 0 Å². The molecular formula is C17H12Cl4N2O2. The molecule has 1 atom stereocenters. The fourth-order valence-electron chi connectivity index (χ4n) is 2.63. The molecule has 3 rings (SSSR count). The highest BCUT2D eigenvalue weighted by atomic mass is 35.5. The van der Waals surface area contributed by atoms with Crippen LogP contribution in [-0.2, 0) is 9.59 Å². The average molecular weight is 418 g/mol. The molecule has 1 aliphatic heterocycles. The fourth-order valence-corrected chi connectivity index (χ4v) is 3.31. The Bertz CT molecular complexity index is 857. The Labute approximate surface area is 164 Å². The van der Waals surface area contributed by atoms with Crippen LogP contribution in [0, 0.1) is 5.92 Å². The van der Waals surface area contributed by atoms with Crippen molar-refractivity contribution in [1.82, 2.24) is 0 Å². The van der Waals surface area contributed by atoms with Crippen LogP contribution in [0.3, 0.4) is 0 Å². The van der Waals surface area contributed by atoms with Crippen molar-refractivity contribution in [1.29, 1.82) is 0 Å². The zero-order valence-corrected chi connectivity index (χ0v) is 15.8. The molecule has 0 saturated carbocycles. The molecule has 0 radical (unpaired) electrons. The molecule has 1 saturated heterocycles. The second-order valence-corrected chi connectivity index (χ2v) is 7.28. The van der Waals surface area contributed by atoms with Gasteiger partial charge in [0.05, 0.1) is 26.7 Å². The molecule has 25 heavy (non-hydrogen) atoms. The molecular weight excluding hydrogens is 406 g/mol. The molecule has 0 bridgehead atoms. The zero-order valence-electron chi connectivity index (χ0n) is 12.7. The Morgan fingerprint density at radius 2 is 1.72 bits per heavy atom. The van der Waals surface area contributed by atoms with Gasteiger partial charge in [-0.2, -0.15) is 0 Å². The van der Waals surface area contributed by atoms with Gasteiger partial charge in [-0.05, 0) is 36.4 Å². The van der Waals surface area contributed by atoms with Gasteiger partial charge >= 0.3 is 0 Å². The smallest absolute Gasteiger partial charge is 0.229 e. The van der Waals surface area contributed by atoms with E-state index in [1.807, 2.05) is 0 Å². The van der Waals surface area contributed by atoms with Crippen LogP contribution < -0.4 is 10.2 Å². The maximum atomic E-state index is 12.5. The Morgan fingerprint density at radius 1 is 1.00 bits per heavy atom. The molecule has 2 amide bonds. The minimum atomic E-state index is -0.503. The lowest BCUT2D eigenvalue weighted by Gasteiger charge is -2.18. The van der Waals surface area contributed by atoms with Gasteiger partial charge in [0.1, 0.15) is 0 Å². The lowest BCUT2D eigenvalue weighted by Crippen LogP contribution is -2.28. The molecule has 4 nitrogen and oxygen atoms in total. The standard InChI is InChI=1S/C17H12Cl4N2O2/c18-10-1-3-13(20)15(6-10)23-8-9(5-16(23)24)17(25)22-11-2-4-12(19)14(21)7-11/h1-4,6-7,9H,5,8H2,(H,22,25)/t9-/m1/s1. The summed E-state index contributed by atoms with van der Waals surface area (Å²) < 4.78 is 0. The average Bonchev–Trinajstić information content (AvgIpc) is 2.95. The van der Waals surface area contributed by atoms with E-state index in [9.17, 15) is 9.59 Å². The van der Waals surface area contributed by atoms with E-state index < -0.39 is 5.92 Å². The first-order valence-electron chi connectivity index (χ1n) is 7.36. The maximum Gasteiger partial charge on any atom is 0.229 e. The Hall–Kier alpha value is -1.46. The second-order valence-electron chi connectivity index (χ2n) is 5.62. The van der Waals surface area contributed by atoms with Crippen molar-refractivity contribution in [2.24, 2.45) is 5.92 Å². The molecule has 1 aliphatic rings. The number of nitrogens with zero attached hydrogens (tertiary/aromatic N) is 1. The highest BCUT2D eigenvalue weighted by molar-refractivity contribution is 6.42. The summed E-state index contributed by atoms with van der Waals surface area (Å²) in [4.78, 5) is 26.2. The first kappa shape index (κ1) is 18.3. The number of benzene rings is 2. The van der Waals surface area contributed by atoms with Crippen molar-refractivity contribution in [3.8, 4) is 0 Å². The van der Waals surface area contributed by atoms with Gasteiger partial charge < -0.3 is 10.2 Å². The molecule has 1 heterocycles. The number of rotatable bonds is 3. The number of hydrogen-bond acceptors (Lipinski definition) is 2. The third kappa shape index (κ3) is 4.04. The third-order valence-corrected chi connectivity index (χ3v) is 5.18. The van der Waals surface area contributed by atoms with Gasteiger partial charge in [-0.1, -0.05) is 46.4 Å². The molecule has 0 unspecified atom stereocenters. The summed E-state index contributed by atoms with van der Waals surface area (Å²) in [6, 6.07) is 9.68. The molecule has 2 aromatic rings. The minimum absolute atomic E-state index is 0.0933. The molecule has 8 heteroatoms. The van der Waals surface area contributed by atoms with E-state index in [1.54, 1.807) is 36.4 Å². The Balaban J connectivity index is 1.74. The van der Waals surface area contributed by atoms with Crippen molar-refractivity contribution in [3.05, 3.63) is 56.5 Å². The van der Waals surface area contributed by atoms with Crippen LogP contribution >= 0.6 is 46.4 Å². The van der Waals surface area contributed by atoms with E-state index in [4.69, 9.17) is 46.4 Å². The van der Waals surface area contributed by atoms with E-state index in [-0.39, 0.29) is 24.8 Å². The first-order valence-corrected chi connectivity index (χ1v) is 8.87. The summed E-state index contributed by atoms with van der Waals surface area (Å²) in [7, 11) is 0. The summed E-state index contributed by atoms with van der Waals surface area (Å²) in [5, 5.41) is 4.37. The summed E-state index contributed by atoms with van der Waals surface area (Å²) in [6.45, 7) is 0.228. The van der Waals surface area contributed by atoms with Crippen LogP contribution in [-0.4, -0.2) is 18.4 Å². The van der Waals surface area contributed by atoms with Crippen LogP contribution in [0.25, 0.3) is 0 Å². The van der Waals surface area contributed by atoms with E-state index in [1.165, 1.54) is 4.90 Å². The Morgan fingerprint density at radius 3 is 2.44 bits per heavy atom. The van der Waals surface area contributed by atoms with Crippen molar-refractivity contribution < 1.29 is 9.59 Å². The minimum Gasteiger partial charge on any atom is -0.326 e. The van der Waals surface area contributed by atoms with Gasteiger partial charge in [-0.3, -0.25) is 9.59 Å². The van der Waals surface area contributed by atoms with Crippen LogP contribution in [0.15, 0.2) is 36.4 Å². The highest BCUT2D eigenvalue weighted by Crippen LogP contribution is 2.34. The van der Waals surface area contributed by atoms with Gasteiger partial charge in [0, 0.05) is 23.7 Å². The molecule has 2 aromatic carbocycles. The fraction of sp³-hybridized carbons (Fsp3) is 0.176. The Kier molecular flexibility index (Phi) is 5.44. The van der Waals surface area contributed by atoms with Crippen LogP contribution in [0.1, 0.15) is 6.42 Å². The molecule has 0 spiro atoms. The number of halogens is 4. The summed E-state index contributed by atoms with van der Waals surface area (Å²) >= 11 is 23.9. The second kappa shape index (κ2) is 7.42. The van der Waals surface area contributed by atoms with Crippen LogP contribution in [0.4, 0.5) is 11.4 Å². The maximum absolute atomic E-state index is 12.5. The topological polar surface area (TPSA) is 49.4 Å². The molecule has 0 aromatic heterocycles. The number of carbonyl (C=O) groups is 2. The molecule has 130 valence electrons. The summed E-state index contributed by atoms with van der Waals surface area (Å²) in [5.74, 6) is -0.956. The van der Waals surface area contributed by atoms with Gasteiger partial charge in [-0.25, -0.2) is 0 Å². The number of carbonyl (C=O) groups excluding carboxylic acids is 2. The summed E-state index contributed by atoms with van der Waals surface area (Å²) in [6.07, 6.45) is 0.0933. The van der Waals surface area contributed by atoms with E-state index in [2.05, 4.69) is 5.32 Å². The predicted octanol–water partition coefficient (Wildman–Crippen LogP) is 5.29. The predicted molar refractivity (Wildman–Crippen MR) is 102 cm³/mol. The third-order valence-electron chi connectivity index (χ3n) is 3.88. The number of anilines is 2. The number of hydrogen-bond donors (Lipinski definition) is 1. The van der Waals surface area contributed by atoms with Gasteiger partial charge in [0.2, 0.25) is 11.8 Å². The molecule has 1 fully saturated rings.